The van der Waals surface area contributed by atoms with Crippen molar-refractivity contribution >= 4 is 47.8 Å². The lowest BCUT2D eigenvalue weighted by molar-refractivity contribution is -0.176. The zero-order valence-electron chi connectivity index (χ0n) is 20.9. The molecule has 0 aromatic heterocycles. The van der Waals surface area contributed by atoms with Gasteiger partial charge in [-0.25, -0.2) is 0 Å². The van der Waals surface area contributed by atoms with Gasteiger partial charge in [0.15, 0.2) is 0 Å². The predicted molar refractivity (Wildman–Crippen MR) is 114 cm³/mol. The van der Waals surface area contributed by atoms with E-state index in [1.165, 1.54) is 0 Å². The summed E-state index contributed by atoms with van der Waals surface area (Å²) < 4.78 is 35.4. The van der Waals surface area contributed by atoms with E-state index in [-0.39, 0.29) is 19.3 Å². The molecule has 210 valence electrons. The van der Waals surface area contributed by atoms with Gasteiger partial charge in [0, 0.05) is 26.2 Å². The van der Waals surface area contributed by atoms with Crippen LogP contribution in [-0.4, -0.2) is 74.9 Å². The van der Waals surface area contributed by atoms with E-state index in [0.29, 0.717) is 0 Å². The largest absolute Gasteiger partial charge is 0.428 e. The molecular weight excluding hydrogens is 508 g/mol. The summed E-state index contributed by atoms with van der Waals surface area (Å²) in [6, 6.07) is 0. The first-order chi connectivity index (χ1) is 17.4. The Morgan fingerprint density at radius 3 is 0.811 bits per heavy atom. The van der Waals surface area contributed by atoms with Gasteiger partial charge in [-0.3, -0.25) is 38.4 Å². The van der Waals surface area contributed by atoms with Crippen LogP contribution < -0.4 is 0 Å². The Bertz CT molecular complexity index is 755. The molecular formula is C21H30O16. The molecule has 37 heavy (non-hydrogen) atoms. The molecule has 0 aromatic carbocycles. The van der Waals surface area contributed by atoms with Gasteiger partial charge in [0.1, 0.15) is 12.8 Å². The highest BCUT2D eigenvalue weighted by Gasteiger charge is 2.14. The van der Waals surface area contributed by atoms with Crippen LogP contribution in [0.2, 0.25) is 0 Å². The molecule has 0 amide bonds. The lowest BCUT2D eigenvalue weighted by atomic mass is 10.4. The van der Waals surface area contributed by atoms with Gasteiger partial charge in [0.25, 0.3) is 0 Å². The maximum Gasteiger partial charge on any atom is 0.320 e. The molecule has 0 saturated carbocycles. The van der Waals surface area contributed by atoms with Crippen molar-refractivity contribution in [2.45, 2.75) is 59.8 Å². The number of carbonyl (C=O) groups excluding carboxylic acids is 8. The highest BCUT2D eigenvalue weighted by Crippen LogP contribution is 1.95. The van der Waals surface area contributed by atoms with E-state index in [2.05, 4.69) is 37.9 Å². The molecule has 0 fully saturated rings. The second kappa shape index (κ2) is 22.2. The van der Waals surface area contributed by atoms with E-state index in [1.54, 1.807) is 20.8 Å². The second-order valence-corrected chi connectivity index (χ2v) is 6.14. The van der Waals surface area contributed by atoms with Crippen LogP contribution in [0.4, 0.5) is 0 Å². The summed E-state index contributed by atoms with van der Waals surface area (Å²) >= 11 is 0. The Morgan fingerprint density at radius 1 is 0.378 bits per heavy atom. The molecule has 0 aliphatic rings. The topological polar surface area (TPSA) is 210 Å². The van der Waals surface area contributed by atoms with Crippen molar-refractivity contribution in [3.05, 3.63) is 0 Å². The molecule has 0 atom stereocenters. The van der Waals surface area contributed by atoms with Gasteiger partial charge in [-0.2, -0.15) is 0 Å². The van der Waals surface area contributed by atoms with E-state index in [4.69, 9.17) is 0 Å². The minimum atomic E-state index is -0.914. The molecule has 0 radical (unpaired) electrons. The minimum Gasteiger partial charge on any atom is -0.428 e. The first-order valence-corrected chi connectivity index (χ1v) is 10.7. The third kappa shape index (κ3) is 24.7. The fourth-order valence-electron chi connectivity index (χ4n) is 1.41. The molecule has 0 N–H and O–H groups in total. The van der Waals surface area contributed by atoms with E-state index in [0.717, 1.165) is 6.92 Å². The smallest absolute Gasteiger partial charge is 0.320 e. The normalized spacial score (nSPS) is 9.30. The average Bonchev–Trinajstić information content (AvgIpc) is 2.83. The molecule has 0 rings (SSSR count). The van der Waals surface area contributed by atoms with E-state index >= 15 is 0 Å². The molecule has 0 saturated heterocycles. The lowest BCUT2D eigenvalue weighted by Crippen LogP contribution is -2.18. The maximum atomic E-state index is 11.1. The Hall–Kier alpha value is -4.24. The van der Waals surface area contributed by atoms with E-state index in [1.807, 2.05) is 0 Å². The first-order valence-electron chi connectivity index (χ1n) is 10.7. The standard InChI is InChI=1S/C11H16O8.C10H14O8/c1-3-8(12)16-6-18-10(14)5-11(15)19-7-17-9(13)4-2;1-3-8(12)16-6-18-10(14)4-9(13)17-5-15-7(2)11/h3-7H2,1-2H3;3-6H2,1-2H3. The van der Waals surface area contributed by atoms with Crippen LogP contribution in [-0.2, 0) is 76.3 Å². The van der Waals surface area contributed by atoms with Crippen LogP contribution in [0.3, 0.4) is 0 Å². The third-order valence-electron chi connectivity index (χ3n) is 3.24. The van der Waals surface area contributed by atoms with Gasteiger partial charge in [0.05, 0.1) is 0 Å². The van der Waals surface area contributed by atoms with Crippen molar-refractivity contribution < 1.29 is 76.3 Å². The average molecular weight is 538 g/mol. The molecule has 16 nitrogen and oxygen atoms in total. The van der Waals surface area contributed by atoms with Crippen molar-refractivity contribution in [3.63, 3.8) is 0 Å². The lowest BCUT2D eigenvalue weighted by Gasteiger charge is -2.06. The Kier molecular flexibility index (Phi) is 21.0. The highest BCUT2D eigenvalue weighted by atomic mass is 16.7. The summed E-state index contributed by atoms with van der Waals surface area (Å²) in [6.07, 6.45) is -0.856. The minimum absolute atomic E-state index is 0.155. The zero-order chi connectivity index (χ0) is 28.6. The molecule has 0 aliphatic heterocycles. The van der Waals surface area contributed by atoms with Gasteiger partial charge in [-0.05, 0) is 0 Å². The van der Waals surface area contributed by atoms with E-state index < -0.39 is 87.8 Å². The number of rotatable bonds is 15. The van der Waals surface area contributed by atoms with Crippen molar-refractivity contribution in [3.8, 4) is 0 Å². The monoisotopic (exact) mass is 538 g/mol. The molecule has 0 aromatic rings. The van der Waals surface area contributed by atoms with Gasteiger partial charge < -0.3 is 37.9 Å². The van der Waals surface area contributed by atoms with Crippen LogP contribution in [0.1, 0.15) is 59.8 Å². The van der Waals surface area contributed by atoms with Crippen LogP contribution in [0.25, 0.3) is 0 Å². The Morgan fingerprint density at radius 2 is 0.595 bits per heavy atom. The summed E-state index contributed by atoms with van der Waals surface area (Å²) in [6.45, 7) is 3.67. The van der Waals surface area contributed by atoms with Gasteiger partial charge in [-0.15, -0.1) is 0 Å². The second-order valence-electron chi connectivity index (χ2n) is 6.14. The fraction of sp³-hybridized carbons (Fsp3) is 0.619. The molecule has 0 bridgehead atoms. The predicted octanol–water partition coefficient (Wildman–Crippen LogP) is 0.179. The van der Waals surface area contributed by atoms with Crippen LogP contribution >= 0.6 is 0 Å². The molecule has 0 spiro atoms. The van der Waals surface area contributed by atoms with Gasteiger partial charge >= 0.3 is 47.8 Å². The fourth-order valence-corrected chi connectivity index (χ4v) is 1.41. The summed E-state index contributed by atoms with van der Waals surface area (Å²) in [5.74, 6) is -5.83. The summed E-state index contributed by atoms with van der Waals surface area (Å²) in [7, 11) is 0. The maximum absolute atomic E-state index is 11.1. The number of hydrogen-bond donors (Lipinski definition) is 0. The molecule has 0 unspecified atom stereocenters. The SMILES string of the molecule is CCC(=O)OCOC(=O)CC(=O)OCOC(=O)CC.CCC(=O)OCOC(=O)CC(=O)OCOC(C)=O. The van der Waals surface area contributed by atoms with Gasteiger partial charge in [0.2, 0.25) is 27.2 Å². The number of carbonyl (C=O) groups is 8. The summed E-state index contributed by atoms with van der Waals surface area (Å²) in [5, 5.41) is 0. The molecule has 16 heteroatoms. The van der Waals surface area contributed by atoms with Crippen molar-refractivity contribution in [1.82, 2.24) is 0 Å². The van der Waals surface area contributed by atoms with Crippen LogP contribution in [0.15, 0.2) is 0 Å². The number of hydrogen-bond acceptors (Lipinski definition) is 16. The highest BCUT2D eigenvalue weighted by molar-refractivity contribution is 5.91. The quantitative estimate of drug-likeness (QED) is 0.118. The number of esters is 8. The zero-order valence-corrected chi connectivity index (χ0v) is 20.9. The molecule has 0 heterocycles. The Labute approximate surface area is 211 Å². The van der Waals surface area contributed by atoms with Crippen molar-refractivity contribution in [1.29, 1.82) is 0 Å². The van der Waals surface area contributed by atoms with Gasteiger partial charge in [-0.1, -0.05) is 20.8 Å². The molecule has 0 aliphatic carbocycles. The van der Waals surface area contributed by atoms with Crippen molar-refractivity contribution in [2.75, 3.05) is 27.2 Å². The first kappa shape index (κ1) is 34.9. The summed E-state index contributed by atoms with van der Waals surface area (Å²) in [5.41, 5.74) is 0. The number of ether oxygens (including phenoxy) is 8. The van der Waals surface area contributed by atoms with Crippen molar-refractivity contribution in [2.24, 2.45) is 0 Å². The van der Waals surface area contributed by atoms with E-state index in [9.17, 15) is 38.4 Å². The summed E-state index contributed by atoms with van der Waals surface area (Å²) in [4.78, 5) is 86.5. The van der Waals surface area contributed by atoms with Crippen LogP contribution in [0, 0.1) is 0 Å². The van der Waals surface area contributed by atoms with Crippen LogP contribution in [0.5, 0.6) is 0 Å². The third-order valence-corrected chi connectivity index (χ3v) is 3.24. The Balaban J connectivity index is 0.